The molecule has 1 heterocycles. The van der Waals surface area contributed by atoms with E-state index in [0.717, 1.165) is 0 Å². The Morgan fingerprint density at radius 2 is 1.85 bits per heavy atom. The van der Waals surface area contributed by atoms with Crippen molar-refractivity contribution < 1.29 is 18.0 Å². The summed E-state index contributed by atoms with van der Waals surface area (Å²) in [4.78, 5) is 26.0. The molecule has 1 unspecified atom stereocenters. The lowest BCUT2D eigenvalue weighted by Crippen LogP contribution is -2.69. The fraction of sp³-hybridized carbons (Fsp3) is 0.846. The lowest BCUT2D eigenvalue weighted by Gasteiger charge is -2.44. The van der Waals surface area contributed by atoms with E-state index in [1.165, 1.54) is 4.90 Å². The predicted octanol–water partition coefficient (Wildman–Crippen LogP) is 0.183. The van der Waals surface area contributed by atoms with Crippen LogP contribution in [0.5, 0.6) is 0 Å². The van der Waals surface area contributed by atoms with Gasteiger partial charge in [0.25, 0.3) is 0 Å². The molecule has 7 heteroatoms. The number of hydrogen-bond acceptors (Lipinski definition) is 4. The summed E-state index contributed by atoms with van der Waals surface area (Å²) in [7, 11) is -3.17. The number of sulfone groups is 1. The zero-order valence-electron chi connectivity index (χ0n) is 12.8. The van der Waals surface area contributed by atoms with Gasteiger partial charge < -0.3 is 10.2 Å². The van der Waals surface area contributed by atoms with Gasteiger partial charge in [-0.05, 0) is 19.8 Å². The van der Waals surface area contributed by atoms with Gasteiger partial charge in [0.15, 0.2) is 9.84 Å². The van der Waals surface area contributed by atoms with Crippen LogP contribution in [0.25, 0.3) is 0 Å². The maximum atomic E-state index is 12.4. The average Bonchev–Trinajstić information content (AvgIpc) is 2.30. The molecule has 0 radical (unpaired) electrons. The first-order chi connectivity index (χ1) is 9.02. The van der Waals surface area contributed by atoms with Crippen molar-refractivity contribution in [3.63, 3.8) is 0 Å². The Balaban J connectivity index is 3.01. The Morgan fingerprint density at radius 3 is 2.30 bits per heavy atom. The quantitative estimate of drug-likeness (QED) is 0.785. The maximum Gasteiger partial charge on any atom is 0.248 e. The van der Waals surface area contributed by atoms with Crippen LogP contribution in [0.4, 0.5) is 0 Å². The van der Waals surface area contributed by atoms with Crippen LogP contribution in [-0.4, -0.2) is 54.8 Å². The van der Waals surface area contributed by atoms with Gasteiger partial charge in [0, 0.05) is 12.3 Å². The third-order valence-corrected chi connectivity index (χ3v) is 5.23. The number of piperazine rings is 1. The highest BCUT2D eigenvalue weighted by Gasteiger charge is 2.46. The molecule has 116 valence electrons. The zero-order chi connectivity index (χ0) is 15.7. The van der Waals surface area contributed by atoms with Gasteiger partial charge in [-0.2, -0.15) is 0 Å². The Hall–Kier alpha value is -1.11. The molecule has 1 saturated heterocycles. The lowest BCUT2D eigenvalue weighted by molar-refractivity contribution is -0.154. The van der Waals surface area contributed by atoms with Crippen LogP contribution in [-0.2, 0) is 19.4 Å². The summed E-state index contributed by atoms with van der Waals surface area (Å²) < 4.78 is 23.3. The first-order valence-electron chi connectivity index (χ1n) is 6.85. The fourth-order valence-electron chi connectivity index (χ4n) is 2.35. The molecule has 0 aromatic carbocycles. The van der Waals surface area contributed by atoms with Gasteiger partial charge in [0.2, 0.25) is 11.8 Å². The molecule has 0 spiro atoms. The number of carbonyl (C=O) groups is 2. The molecule has 1 atom stereocenters. The minimum atomic E-state index is -3.17. The van der Waals surface area contributed by atoms with E-state index in [2.05, 4.69) is 5.32 Å². The number of nitrogens with one attached hydrogen (secondary N) is 1. The van der Waals surface area contributed by atoms with Gasteiger partial charge >= 0.3 is 0 Å². The maximum absolute atomic E-state index is 12.4. The van der Waals surface area contributed by atoms with Crippen molar-refractivity contribution in [3.05, 3.63) is 0 Å². The van der Waals surface area contributed by atoms with Crippen LogP contribution in [0.2, 0.25) is 0 Å². The number of rotatable bonds is 5. The molecule has 2 amide bonds. The smallest absolute Gasteiger partial charge is 0.248 e. The molecule has 0 aromatic rings. The number of amides is 2. The summed E-state index contributed by atoms with van der Waals surface area (Å²) in [6.45, 7) is 8.59. The highest BCUT2D eigenvalue weighted by atomic mass is 32.2. The van der Waals surface area contributed by atoms with Crippen molar-refractivity contribution in [2.45, 2.75) is 46.2 Å². The number of hydrogen-bond donors (Lipinski definition) is 1. The molecule has 0 saturated carbocycles. The van der Waals surface area contributed by atoms with Crippen molar-refractivity contribution in [2.24, 2.45) is 5.92 Å². The van der Waals surface area contributed by atoms with Crippen LogP contribution in [0.1, 0.15) is 34.6 Å². The van der Waals surface area contributed by atoms with E-state index in [-0.39, 0.29) is 35.8 Å². The van der Waals surface area contributed by atoms with Crippen LogP contribution >= 0.6 is 0 Å². The molecule has 1 N–H and O–H groups in total. The standard InChI is InChI=1S/C13H24N2O4S/c1-6-20(18,19)8-7-15-10(9(2)3)11(16)14-13(4,5)12(15)17/h9-10H,6-8H2,1-5H3,(H,14,16). The largest absolute Gasteiger partial charge is 0.340 e. The molecular weight excluding hydrogens is 280 g/mol. The van der Waals surface area contributed by atoms with E-state index < -0.39 is 21.4 Å². The summed E-state index contributed by atoms with van der Waals surface area (Å²) in [5.74, 6) is -0.598. The Kier molecular flexibility index (Phi) is 4.84. The molecule has 1 fully saturated rings. The molecule has 1 aliphatic heterocycles. The van der Waals surface area contributed by atoms with Crippen LogP contribution in [0.15, 0.2) is 0 Å². The summed E-state index contributed by atoms with van der Waals surface area (Å²) in [6, 6.07) is -0.609. The Labute approximate surface area is 120 Å². The van der Waals surface area contributed by atoms with Gasteiger partial charge in [-0.3, -0.25) is 9.59 Å². The highest BCUT2D eigenvalue weighted by molar-refractivity contribution is 7.91. The number of carbonyl (C=O) groups excluding carboxylic acids is 2. The lowest BCUT2D eigenvalue weighted by atomic mass is 9.91. The van der Waals surface area contributed by atoms with E-state index >= 15 is 0 Å². The van der Waals surface area contributed by atoms with E-state index in [0.29, 0.717) is 0 Å². The van der Waals surface area contributed by atoms with Crippen molar-refractivity contribution in [1.29, 1.82) is 0 Å². The molecule has 0 bridgehead atoms. The van der Waals surface area contributed by atoms with Gasteiger partial charge in [-0.1, -0.05) is 20.8 Å². The summed E-state index contributed by atoms with van der Waals surface area (Å²) >= 11 is 0. The average molecular weight is 304 g/mol. The van der Waals surface area contributed by atoms with Crippen LogP contribution in [0.3, 0.4) is 0 Å². The van der Waals surface area contributed by atoms with Gasteiger partial charge in [0.1, 0.15) is 11.6 Å². The SMILES string of the molecule is CCS(=O)(=O)CCN1C(=O)C(C)(C)NC(=O)C1C(C)C. The normalized spacial score (nSPS) is 23.1. The van der Waals surface area contributed by atoms with Gasteiger partial charge in [-0.15, -0.1) is 0 Å². The zero-order valence-corrected chi connectivity index (χ0v) is 13.6. The van der Waals surface area contributed by atoms with Crippen molar-refractivity contribution >= 4 is 21.7 Å². The third-order valence-electron chi connectivity index (χ3n) is 3.55. The van der Waals surface area contributed by atoms with Crippen molar-refractivity contribution in [2.75, 3.05) is 18.1 Å². The monoisotopic (exact) mass is 304 g/mol. The van der Waals surface area contributed by atoms with Crippen LogP contribution in [0, 0.1) is 5.92 Å². The summed E-state index contributed by atoms with van der Waals surface area (Å²) in [6.07, 6.45) is 0. The molecule has 6 nitrogen and oxygen atoms in total. The Morgan fingerprint density at radius 1 is 1.30 bits per heavy atom. The van der Waals surface area contributed by atoms with Crippen molar-refractivity contribution in [1.82, 2.24) is 10.2 Å². The molecule has 20 heavy (non-hydrogen) atoms. The summed E-state index contributed by atoms with van der Waals surface area (Å²) in [5, 5.41) is 2.70. The second-order valence-corrected chi connectivity index (χ2v) is 8.51. The highest BCUT2D eigenvalue weighted by Crippen LogP contribution is 2.22. The molecular formula is C13H24N2O4S. The van der Waals surface area contributed by atoms with E-state index in [4.69, 9.17) is 0 Å². The topological polar surface area (TPSA) is 83.6 Å². The first kappa shape index (κ1) is 16.9. The molecule has 1 rings (SSSR count). The van der Waals surface area contributed by atoms with E-state index in [9.17, 15) is 18.0 Å². The second-order valence-electron chi connectivity index (χ2n) is 6.04. The second kappa shape index (κ2) is 5.71. The minimum Gasteiger partial charge on any atom is -0.340 e. The van der Waals surface area contributed by atoms with Gasteiger partial charge in [0.05, 0.1) is 5.75 Å². The predicted molar refractivity (Wildman–Crippen MR) is 76.9 cm³/mol. The van der Waals surface area contributed by atoms with E-state index in [1.807, 2.05) is 13.8 Å². The molecule has 1 aliphatic rings. The minimum absolute atomic E-state index is 0.0387. The fourth-order valence-corrected chi connectivity index (χ4v) is 3.11. The number of nitrogens with zero attached hydrogens (tertiary/aromatic N) is 1. The van der Waals surface area contributed by atoms with Crippen molar-refractivity contribution in [3.8, 4) is 0 Å². The third kappa shape index (κ3) is 3.50. The first-order valence-corrected chi connectivity index (χ1v) is 8.67. The Bertz CT molecular complexity index is 497. The molecule has 0 aromatic heterocycles. The summed E-state index contributed by atoms with van der Waals surface area (Å²) in [5.41, 5.74) is -0.988. The molecule has 0 aliphatic carbocycles. The van der Waals surface area contributed by atoms with E-state index in [1.54, 1.807) is 20.8 Å². The van der Waals surface area contributed by atoms with Gasteiger partial charge in [-0.25, -0.2) is 8.42 Å². The van der Waals surface area contributed by atoms with Crippen LogP contribution < -0.4 is 5.32 Å².